The second-order valence-corrected chi connectivity index (χ2v) is 12.0. The molecule has 1 aliphatic carbocycles. The van der Waals surface area contributed by atoms with Gasteiger partial charge in [-0.05, 0) is 80.1 Å². The normalized spacial score (nSPS) is 24.1. The Morgan fingerprint density at radius 3 is 2.39 bits per heavy atom. The van der Waals surface area contributed by atoms with E-state index in [0.29, 0.717) is 17.8 Å². The van der Waals surface area contributed by atoms with Crippen LogP contribution >= 0.6 is 0 Å². The number of nitriles is 1. The van der Waals surface area contributed by atoms with Gasteiger partial charge in [0.2, 0.25) is 0 Å². The quantitative estimate of drug-likeness (QED) is 0.402. The number of benzene rings is 2. The predicted molar refractivity (Wildman–Crippen MR) is 151 cm³/mol. The molecule has 0 spiro atoms. The molecule has 5 rings (SSSR count). The van der Waals surface area contributed by atoms with Crippen LogP contribution in [0.3, 0.4) is 0 Å². The summed E-state index contributed by atoms with van der Waals surface area (Å²) in [4.78, 5) is 17.2. The number of hydrogen-bond donors (Lipinski definition) is 1. The fraction of sp³-hybridized carbons (Fsp3) is 0.576. The molecular weight excluding hydrogens is 470 g/mol. The zero-order valence-corrected chi connectivity index (χ0v) is 22.7. The molecule has 2 aromatic rings. The summed E-state index contributed by atoms with van der Waals surface area (Å²) in [5, 5.41) is 19.4. The zero-order chi connectivity index (χ0) is 26.3. The van der Waals surface area contributed by atoms with E-state index in [9.17, 15) is 15.2 Å². The molecule has 2 aliphatic heterocycles. The summed E-state index contributed by atoms with van der Waals surface area (Å²) in [6, 6.07) is 20.8. The maximum Gasteiger partial charge on any atom is 0.320 e. The minimum absolute atomic E-state index is 0.339. The Morgan fingerprint density at radius 2 is 1.71 bits per heavy atom. The Labute approximate surface area is 228 Å². The van der Waals surface area contributed by atoms with Gasteiger partial charge in [0.05, 0.1) is 11.6 Å². The fourth-order valence-corrected chi connectivity index (χ4v) is 7.09. The summed E-state index contributed by atoms with van der Waals surface area (Å²) >= 11 is 0. The first kappa shape index (κ1) is 26.9. The highest BCUT2D eigenvalue weighted by molar-refractivity contribution is 5.73. The van der Waals surface area contributed by atoms with Gasteiger partial charge in [-0.1, -0.05) is 74.2 Å². The van der Waals surface area contributed by atoms with E-state index in [0.717, 1.165) is 63.5 Å². The highest BCUT2D eigenvalue weighted by atomic mass is 16.4. The monoisotopic (exact) mass is 513 g/mol. The number of nitrogens with zero attached hydrogens (tertiary/aromatic N) is 3. The average Bonchev–Trinajstić information content (AvgIpc) is 3.32. The number of carbonyl (C=O) groups is 1. The number of rotatable bonds is 11. The minimum Gasteiger partial charge on any atom is -0.480 e. The highest BCUT2D eigenvalue weighted by Gasteiger charge is 2.41. The molecule has 3 unspecified atom stereocenters. The molecule has 5 nitrogen and oxygen atoms in total. The third-order valence-electron chi connectivity index (χ3n) is 9.60. The summed E-state index contributed by atoms with van der Waals surface area (Å²) in [7, 11) is 0. The molecule has 2 saturated heterocycles. The summed E-state index contributed by atoms with van der Waals surface area (Å²) in [5.41, 5.74) is 3.36. The van der Waals surface area contributed by atoms with Crippen LogP contribution in [-0.4, -0.2) is 59.6 Å². The molecule has 0 aromatic heterocycles. The Morgan fingerprint density at radius 1 is 0.974 bits per heavy atom. The first-order chi connectivity index (χ1) is 18.6. The van der Waals surface area contributed by atoms with E-state index in [-0.39, 0.29) is 6.04 Å². The van der Waals surface area contributed by atoms with E-state index in [1.165, 1.54) is 49.7 Å². The first-order valence-electron chi connectivity index (χ1n) is 14.8. The molecule has 2 heterocycles. The van der Waals surface area contributed by atoms with E-state index in [1.54, 1.807) is 0 Å². The standard InChI is InChI=1S/C33H43N3O2/c34-21-29-14-5-4-11-27(29)15-7-8-25-16-18-35(19-17-25)22-30-23-36(24-31(30)28-12-2-1-3-13-28)32(33(37)38)20-26-9-6-10-26/h1-5,11-14,25-26,30-32H,6-10,15-20,22-24H2,(H,37,38). The number of carboxylic acids is 1. The van der Waals surface area contributed by atoms with Crippen LogP contribution < -0.4 is 0 Å². The van der Waals surface area contributed by atoms with Crippen molar-refractivity contribution in [2.24, 2.45) is 17.8 Å². The van der Waals surface area contributed by atoms with Gasteiger partial charge >= 0.3 is 5.97 Å². The van der Waals surface area contributed by atoms with Crippen molar-refractivity contribution in [3.63, 3.8) is 0 Å². The average molecular weight is 514 g/mol. The lowest BCUT2D eigenvalue weighted by atomic mass is 9.80. The van der Waals surface area contributed by atoms with Crippen molar-refractivity contribution < 1.29 is 9.90 Å². The maximum absolute atomic E-state index is 12.3. The van der Waals surface area contributed by atoms with Crippen molar-refractivity contribution in [3.05, 3.63) is 71.3 Å². The molecule has 3 atom stereocenters. The molecule has 3 aliphatic rings. The summed E-state index contributed by atoms with van der Waals surface area (Å²) < 4.78 is 0. The van der Waals surface area contributed by atoms with Crippen LogP contribution in [0.1, 0.15) is 74.0 Å². The van der Waals surface area contributed by atoms with Crippen molar-refractivity contribution in [2.75, 3.05) is 32.7 Å². The second kappa shape index (κ2) is 12.9. The fourth-order valence-electron chi connectivity index (χ4n) is 7.09. The molecule has 5 heteroatoms. The van der Waals surface area contributed by atoms with E-state index >= 15 is 0 Å². The Bertz CT molecular complexity index is 1080. The number of piperidine rings is 1. The van der Waals surface area contributed by atoms with Crippen LogP contribution in [0.25, 0.3) is 0 Å². The molecule has 1 saturated carbocycles. The van der Waals surface area contributed by atoms with Gasteiger partial charge in [-0.25, -0.2) is 0 Å². The Balaban J connectivity index is 1.15. The van der Waals surface area contributed by atoms with Crippen LogP contribution in [0.2, 0.25) is 0 Å². The summed E-state index contributed by atoms with van der Waals surface area (Å²) in [5.74, 6) is 1.60. The first-order valence-corrected chi connectivity index (χ1v) is 14.8. The van der Waals surface area contributed by atoms with E-state index in [4.69, 9.17) is 0 Å². The van der Waals surface area contributed by atoms with Crippen LogP contribution in [0.15, 0.2) is 54.6 Å². The molecule has 38 heavy (non-hydrogen) atoms. The van der Waals surface area contributed by atoms with E-state index in [2.05, 4.69) is 52.3 Å². The molecule has 3 fully saturated rings. The second-order valence-electron chi connectivity index (χ2n) is 12.0. The molecular formula is C33H43N3O2. The maximum atomic E-state index is 12.3. The topological polar surface area (TPSA) is 67.6 Å². The number of carboxylic acid groups (broad SMARTS) is 1. The van der Waals surface area contributed by atoms with Crippen LogP contribution in [0, 0.1) is 29.1 Å². The van der Waals surface area contributed by atoms with Crippen LogP contribution in [-0.2, 0) is 11.2 Å². The van der Waals surface area contributed by atoms with Crippen LogP contribution in [0.4, 0.5) is 0 Å². The van der Waals surface area contributed by atoms with Gasteiger partial charge in [0, 0.05) is 25.6 Å². The number of likely N-dealkylation sites (tertiary alicyclic amines) is 2. The van der Waals surface area contributed by atoms with Crippen LogP contribution in [0.5, 0.6) is 0 Å². The van der Waals surface area contributed by atoms with Gasteiger partial charge in [-0.15, -0.1) is 0 Å². The molecule has 0 radical (unpaired) electrons. The lowest BCUT2D eigenvalue weighted by molar-refractivity contribution is -0.144. The van der Waals surface area contributed by atoms with Gasteiger partial charge in [0.1, 0.15) is 6.04 Å². The third-order valence-corrected chi connectivity index (χ3v) is 9.60. The van der Waals surface area contributed by atoms with Crippen molar-refractivity contribution in [3.8, 4) is 6.07 Å². The Kier molecular flexibility index (Phi) is 9.14. The third kappa shape index (κ3) is 6.65. The molecule has 0 amide bonds. The lowest BCUT2D eigenvalue weighted by Crippen LogP contribution is -2.43. The SMILES string of the molecule is N#Cc1ccccc1CCCC1CCN(CC2CN(C(CC3CCC3)C(=O)O)CC2c2ccccc2)CC1. The van der Waals surface area contributed by atoms with Crippen molar-refractivity contribution in [1.29, 1.82) is 5.26 Å². The molecule has 0 bridgehead atoms. The van der Waals surface area contributed by atoms with Gasteiger partial charge in [-0.2, -0.15) is 5.26 Å². The molecule has 1 N–H and O–H groups in total. The number of hydrogen-bond acceptors (Lipinski definition) is 4. The molecule has 2 aromatic carbocycles. The molecule has 202 valence electrons. The van der Waals surface area contributed by atoms with Crippen molar-refractivity contribution in [1.82, 2.24) is 9.80 Å². The predicted octanol–water partition coefficient (Wildman–Crippen LogP) is 5.95. The highest BCUT2D eigenvalue weighted by Crippen LogP contribution is 2.38. The van der Waals surface area contributed by atoms with E-state index in [1.807, 2.05) is 18.2 Å². The van der Waals surface area contributed by atoms with Crippen molar-refractivity contribution >= 4 is 5.97 Å². The smallest absolute Gasteiger partial charge is 0.320 e. The lowest BCUT2D eigenvalue weighted by Gasteiger charge is -2.35. The Hall–Kier alpha value is -2.68. The summed E-state index contributed by atoms with van der Waals surface area (Å²) in [6.45, 7) is 5.10. The van der Waals surface area contributed by atoms with Gasteiger partial charge in [-0.3, -0.25) is 9.69 Å². The van der Waals surface area contributed by atoms with Gasteiger partial charge in [0.25, 0.3) is 0 Å². The van der Waals surface area contributed by atoms with E-state index < -0.39 is 5.97 Å². The number of aryl methyl sites for hydroxylation is 1. The van der Waals surface area contributed by atoms with Crippen molar-refractivity contribution in [2.45, 2.75) is 69.7 Å². The zero-order valence-electron chi connectivity index (χ0n) is 22.7. The van der Waals surface area contributed by atoms with Gasteiger partial charge < -0.3 is 10.0 Å². The van der Waals surface area contributed by atoms with Gasteiger partial charge in [0.15, 0.2) is 0 Å². The number of aliphatic carboxylic acids is 1. The largest absolute Gasteiger partial charge is 0.480 e. The minimum atomic E-state index is -0.637. The summed E-state index contributed by atoms with van der Waals surface area (Å²) in [6.07, 6.45) is 10.3.